The van der Waals surface area contributed by atoms with Gasteiger partial charge in [-0.25, -0.2) is 4.79 Å². The lowest BCUT2D eigenvalue weighted by molar-refractivity contribution is -0.122. The monoisotopic (exact) mass is 325 g/mol. The Morgan fingerprint density at radius 3 is 2.48 bits per heavy atom. The number of rotatable bonds is 7. The number of urea groups is 1. The van der Waals surface area contributed by atoms with Gasteiger partial charge in [0.1, 0.15) is 0 Å². The summed E-state index contributed by atoms with van der Waals surface area (Å²) in [5.74, 6) is 0.652. The molecular weight excluding hydrogens is 294 g/mol. The maximum absolute atomic E-state index is 11.9. The molecule has 0 spiro atoms. The third-order valence-electron chi connectivity index (χ3n) is 4.81. The molecule has 2 aliphatic rings. The minimum atomic E-state index is -0.200. The molecule has 6 nitrogen and oxygen atoms in total. The van der Waals surface area contributed by atoms with Gasteiger partial charge in [0, 0.05) is 26.1 Å². The summed E-state index contributed by atoms with van der Waals surface area (Å²) in [7, 11) is 0. The van der Waals surface area contributed by atoms with Crippen LogP contribution in [0, 0.1) is 5.92 Å². The van der Waals surface area contributed by atoms with Crippen LogP contribution in [0.3, 0.4) is 0 Å². The summed E-state index contributed by atoms with van der Waals surface area (Å²) in [5, 5.41) is 8.55. The van der Waals surface area contributed by atoms with Crippen LogP contribution in [0.15, 0.2) is 0 Å². The second-order valence-electron chi connectivity index (χ2n) is 6.80. The Bertz CT molecular complexity index is 377. The Labute approximate surface area is 139 Å². The third-order valence-corrected chi connectivity index (χ3v) is 4.81. The Morgan fingerprint density at radius 2 is 1.78 bits per heavy atom. The minimum absolute atomic E-state index is 0.0124. The van der Waals surface area contributed by atoms with Crippen molar-refractivity contribution in [2.45, 2.75) is 70.4 Å². The first-order valence-electron chi connectivity index (χ1n) is 9.08. The van der Waals surface area contributed by atoms with Crippen molar-refractivity contribution < 1.29 is 14.3 Å². The summed E-state index contributed by atoms with van der Waals surface area (Å²) in [6.45, 7) is 3.67. The molecular formula is C17H31N3O3. The highest BCUT2D eigenvalue weighted by atomic mass is 16.5. The van der Waals surface area contributed by atoms with E-state index in [1.165, 1.54) is 32.1 Å². The molecule has 0 aromatic rings. The van der Waals surface area contributed by atoms with Crippen LogP contribution in [0.4, 0.5) is 4.79 Å². The second kappa shape index (κ2) is 9.75. The maximum atomic E-state index is 11.9. The number of hydrogen-bond donors (Lipinski definition) is 3. The summed E-state index contributed by atoms with van der Waals surface area (Å²) in [4.78, 5) is 23.6. The predicted molar refractivity (Wildman–Crippen MR) is 89.2 cm³/mol. The van der Waals surface area contributed by atoms with Crippen molar-refractivity contribution in [3.63, 3.8) is 0 Å². The molecule has 2 rings (SSSR count). The van der Waals surface area contributed by atoms with Crippen molar-refractivity contribution in [1.82, 2.24) is 16.0 Å². The van der Waals surface area contributed by atoms with Crippen LogP contribution < -0.4 is 16.0 Å². The largest absolute Gasteiger partial charge is 0.376 e. The van der Waals surface area contributed by atoms with Gasteiger partial charge in [-0.3, -0.25) is 4.79 Å². The summed E-state index contributed by atoms with van der Waals surface area (Å²) in [6.07, 6.45) is 8.97. The number of carbonyl (C=O) groups is 2. The molecule has 2 unspecified atom stereocenters. The SMILES string of the molecule is CC(NC(=O)NCCNC(=O)CC1CCCCC1)C1CCCO1. The molecule has 3 N–H and O–H groups in total. The van der Waals surface area contributed by atoms with E-state index < -0.39 is 0 Å². The predicted octanol–water partition coefficient (Wildman–Crippen LogP) is 1.94. The van der Waals surface area contributed by atoms with Gasteiger partial charge in [0.15, 0.2) is 0 Å². The zero-order valence-corrected chi connectivity index (χ0v) is 14.2. The van der Waals surface area contributed by atoms with Gasteiger partial charge >= 0.3 is 6.03 Å². The molecule has 23 heavy (non-hydrogen) atoms. The number of hydrogen-bond acceptors (Lipinski definition) is 3. The van der Waals surface area contributed by atoms with Crippen molar-refractivity contribution in [2.24, 2.45) is 5.92 Å². The first-order valence-corrected chi connectivity index (χ1v) is 9.08. The highest BCUT2D eigenvalue weighted by Gasteiger charge is 2.23. The topological polar surface area (TPSA) is 79.5 Å². The molecule has 3 amide bonds. The van der Waals surface area contributed by atoms with Crippen molar-refractivity contribution in [3.8, 4) is 0 Å². The van der Waals surface area contributed by atoms with E-state index in [0.29, 0.717) is 25.4 Å². The van der Waals surface area contributed by atoms with Gasteiger partial charge in [-0.1, -0.05) is 19.3 Å². The number of carbonyl (C=O) groups excluding carboxylic acids is 2. The fourth-order valence-corrected chi connectivity index (χ4v) is 3.45. The highest BCUT2D eigenvalue weighted by molar-refractivity contribution is 5.76. The van der Waals surface area contributed by atoms with Crippen molar-refractivity contribution in [1.29, 1.82) is 0 Å². The zero-order valence-electron chi connectivity index (χ0n) is 14.2. The summed E-state index contributed by atoms with van der Waals surface area (Å²) in [5.41, 5.74) is 0. The van der Waals surface area contributed by atoms with E-state index in [9.17, 15) is 9.59 Å². The summed E-state index contributed by atoms with van der Waals surface area (Å²) < 4.78 is 5.55. The molecule has 132 valence electrons. The molecule has 1 aliphatic carbocycles. The van der Waals surface area contributed by atoms with E-state index >= 15 is 0 Å². The fourth-order valence-electron chi connectivity index (χ4n) is 3.45. The van der Waals surface area contributed by atoms with Gasteiger partial charge in [-0.05, 0) is 38.5 Å². The van der Waals surface area contributed by atoms with Gasteiger partial charge in [-0.15, -0.1) is 0 Å². The molecule has 0 aromatic heterocycles. The smallest absolute Gasteiger partial charge is 0.315 e. The minimum Gasteiger partial charge on any atom is -0.376 e. The van der Waals surface area contributed by atoms with E-state index in [1.54, 1.807) is 0 Å². The Kier molecular flexibility index (Phi) is 7.65. The average Bonchev–Trinajstić information content (AvgIpc) is 3.07. The molecule has 1 aliphatic heterocycles. The number of amides is 3. The van der Waals surface area contributed by atoms with Crippen LogP contribution in [0.5, 0.6) is 0 Å². The van der Waals surface area contributed by atoms with E-state index in [4.69, 9.17) is 4.74 Å². The second-order valence-corrected chi connectivity index (χ2v) is 6.80. The molecule has 0 radical (unpaired) electrons. The van der Waals surface area contributed by atoms with E-state index in [-0.39, 0.29) is 24.1 Å². The van der Waals surface area contributed by atoms with Crippen LogP contribution in [0.25, 0.3) is 0 Å². The van der Waals surface area contributed by atoms with Crippen molar-refractivity contribution in [3.05, 3.63) is 0 Å². The van der Waals surface area contributed by atoms with Gasteiger partial charge in [0.05, 0.1) is 12.1 Å². The molecule has 1 saturated carbocycles. The van der Waals surface area contributed by atoms with Crippen LogP contribution in [-0.4, -0.2) is 43.8 Å². The van der Waals surface area contributed by atoms with E-state index in [0.717, 1.165) is 19.4 Å². The molecule has 1 heterocycles. The Balaban J connectivity index is 1.50. The molecule has 0 bridgehead atoms. The molecule has 0 aromatic carbocycles. The van der Waals surface area contributed by atoms with E-state index in [2.05, 4.69) is 16.0 Å². The lowest BCUT2D eigenvalue weighted by Crippen LogP contribution is -2.47. The van der Waals surface area contributed by atoms with Crippen LogP contribution in [-0.2, 0) is 9.53 Å². The van der Waals surface area contributed by atoms with E-state index in [1.807, 2.05) is 6.92 Å². The number of ether oxygens (including phenoxy) is 1. The maximum Gasteiger partial charge on any atom is 0.315 e. The Hall–Kier alpha value is -1.30. The lowest BCUT2D eigenvalue weighted by atomic mass is 9.87. The van der Waals surface area contributed by atoms with Crippen LogP contribution in [0.2, 0.25) is 0 Å². The average molecular weight is 325 g/mol. The highest BCUT2D eigenvalue weighted by Crippen LogP contribution is 2.25. The van der Waals surface area contributed by atoms with Gasteiger partial charge in [0.25, 0.3) is 0 Å². The number of nitrogens with one attached hydrogen (secondary N) is 3. The molecule has 2 atom stereocenters. The summed E-state index contributed by atoms with van der Waals surface area (Å²) >= 11 is 0. The quantitative estimate of drug-likeness (QED) is 0.626. The molecule has 1 saturated heterocycles. The Morgan fingerprint density at radius 1 is 1.04 bits per heavy atom. The molecule has 2 fully saturated rings. The van der Waals surface area contributed by atoms with Gasteiger partial charge in [-0.2, -0.15) is 0 Å². The normalized spacial score (nSPS) is 23.3. The standard InChI is InChI=1S/C17H31N3O3/c1-13(15-8-5-11-23-15)20-17(22)19-10-9-18-16(21)12-14-6-3-2-4-7-14/h13-15H,2-12H2,1H3,(H,18,21)(H2,19,20,22). The third kappa shape index (κ3) is 6.77. The van der Waals surface area contributed by atoms with Crippen LogP contribution >= 0.6 is 0 Å². The van der Waals surface area contributed by atoms with Crippen molar-refractivity contribution >= 4 is 11.9 Å². The van der Waals surface area contributed by atoms with Crippen molar-refractivity contribution in [2.75, 3.05) is 19.7 Å². The summed E-state index contributed by atoms with van der Waals surface area (Å²) in [6, 6.07) is -0.187. The first kappa shape index (κ1) is 18.0. The van der Waals surface area contributed by atoms with Crippen LogP contribution in [0.1, 0.15) is 58.3 Å². The fraction of sp³-hybridized carbons (Fsp3) is 0.882. The first-order chi connectivity index (χ1) is 11.1. The van der Waals surface area contributed by atoms with Gasteiger partial charge < -0.3 is 20.7 Å². The molecule has 6 heteroatoms. The van der Waals surface area contributed by atoms with Gasteiger partial charge in [0.2, 0.25) is 5.91 Å². The zero-order chi connectivity index (χ0) is 16.5. The lowest BCUT2D eigenvalue weighted by Gasteiger charge is -2.21.